The van der Waals surface area contributed by atoms with E-state index in [0.29, 0.717) is 5.92 Å². The number of benzene rings is 1. The maximum atomic E-state index is 12.1. The third-order valence-corrected chi connectivity index (χ3v) is 3.66. The van der Waals surface area contributed by atoms with E-state index < -0.39 is 0 Å². The van der Waals surface area contributed by atoms with Gasteiger partial charge in [-0.05, 0) is 50.9 Å². The van der Waals surface area contributed by atoms with Crippen LogP contribution in [0.15, 0.2) is 18.2 Å². The van der Waals surface area contributed by atoms with Gasteiger partial charge in [-0.1, -0.05) is 6.07 Å². The Bertz CT molecular complexity index is 456. The first-order valence-electron chi connectivity index (χ1n) is 6.62. The van der Waals surface area contributed by atoms with E-state index in [4.69, 9.17) is 0 Å². The summed E-state index contributed by atoms with van der Waals surface area (Å²) in [5.41, 5.74) is 0.107. The van der Waals surface area contributed by atoms with Crippen LogP contribution in [0.3, 0.4) is 0 Å². The maximum Gasteiger partial charge on any atom is 0.255 e. The van der Waals surface area contributed by atoms with Gasteiger partial charge in [-0.3, -0.25) is 4.79 Å². The van der Waals surface area contributed by atoms with Crippen molar-refractivity contribution in [1.82, 2.24) is 10.6 Å². The molecule has 1 saturated heterocycles. The number of amides is 1. The van der Waals surface area contributed by atoms with Crippen molar-refractivity contribution in [3.8, 4) is 11.5 Å². The quantitative estimate of drug-likeness (QED) is 0.619. The number of aromatic hydroxyl groups is 2. The molecule has 0 spiro atoms. The number of phenolic OH excluding ortho intramolecular Hbond substituents is 2. The molecule has 1 heterocycles. The minimum atomic E-state index is -0.367. The third kappa shape index (κ3) is 3.17. The number of hydrogen-bond donors (Lipinski definition) is 4. The van der Waals surface area contributed by atoms with Gasteiger partial charge >= 0.3 is 0 Å². The SMILES string of the molecule is CC(NC(=O)c1cccc(O)c1O)C1CCCNC1. The minimum absolute atomic E-state index is 0.0297. The van der Waals surface area contributed by atoms with Crippen molar-refractivity contribution >= 4 is 5.91 Å². The van der Waals surface area contributed by atoms with Crippen LogP contribution in [0.5, 0.6) is 11.5 Å². The van der Waals surface area contributed by atoms with Gasteiger partial charge in [0.15, 0.2) is 11.5 Å². The number of nitrogens with one attached hydrogen (secondary N) is 2. The van der Waals surface area contributed by atoms with Crippen LogP contribution in [-0.2, 0) is 0 Å². The highest BCUT2D eigenvalue weighted by atomic mass is 16.3. The molecule has 2 atom stereocenters. The van der Waals surface area contributed by atoms with E-state index in [2.05, 4.69) is 10.6 Å². The lowest BCUT2D eigenvalue weighted by Gasteiger charge is -2.29. The molecule has 1 aliphatic heterocycles. The second kappa shape index (κ2) is 5.93. The molecule has 1 aromatic rings. The first-order valence-corrected chi connectivity index (χ1v) is 6.62. The van der Waals surface area contributed by atoms with Crippen LogP contribution in [0.2, 0.25) is 0 Å². The number of para-hydroxylation sites is 1. The van der Waals surface area contributed by atoms with Gasteiger partial charge in [0.05, 0.1) is 5.56 Å². The molecule has 4 N–H and O–H groups in total. The summed E-state index contributed by atoms with van der Waals surface area (Å²) in [6.45, 7) is 3.90. The predicted octanol–water partition coefficient (Wildman–Crippen LogP) is 1.22. The zero-order valence-electron chi connectivity index (χ0n) is 11.0. The molecule has 19 heavy (non-hydrogen) atoms. The monoisotopic (exact) mass is 264 g/mol. The Morgan fingerprint density at radius 1 is 1.47 bits per heavy atom. The van der Waals surface area contributed by atoms with Crippen LogP contribution in [-0.4, -0.2) is 35.3 Å². The smallest absolute Gasteiger partial charge is 0.255 e. The number of piperidine rings is 1. The molecule has 1 aliphatic rings. The van der Waals surface area contributed by atoms with Gasteiger partial charge in [0.25, 0.3) is 5.91 Å². The molecule has 1 amide bonds. The van der Waals surface area contributed by atoms with Crippen molar-refractivity contribution in [2.45, 2.75) is 25.8 Å². The Labute approximate surface area is 112 Å². The summed E-state index contributed by atoms with van der Waals surface area (Å²) in [6.07, 6.45) is 2.20. The molecule has 2 rings (SSSR count). The molecule has 104 valence electrons. The van der Waals surface area contributed by atoms with Crippen molar-refractivity contribution in [2.75, 3.05) is 13.1 Å². The molecule has 2 unspecified atom stereocenters. The van der Waals surface area contributed by atoms with Crippen molar-refractivity contribution in [2.24, 2.45) is 5.92 Å². The molecular formula is C14H20N2O3. The number of phenols is 2. The highest BCUT2D eigenvalue weighted by Crippen LogP contribution is 2.28. The number of carbonyl (C=O) groups excluding carboxylic acids is 1. The molecule has 5 heteroatoms. The summed E-state index contributed by atoms with van der Waals surface area (Å²) < 4.78 is 0. The fraction of sp³-hybridized carbons (Fsp3) is 0.500. The number of rotatable bonds is 3. The normalized spacial score (nSPS) is 20.8. The molecule has 0 aliphatic carbocycles. The molecule has 1 aromatic carbocycles. The van der Waals surface area contributed by atoms with Crippen LogP contribution >= 0.6 is 0 Å². The van der Waals surface area contributed by atoms with Gasteiger partial charge in [0.2, 0.25) is 0 Å². The van der Waals surface area contributed by atoms with E-state index in [9.17, 15) is 15.0 Å². The van der Waals surface area contributed by atoms with Gasteiger partial charge in [-0.15, -0.1) is 0 Å². The Hall–Kier alpha value is -1.75. The van der Waals surface area contributed by atoms with Gasteiger partial charge in [0, 0.05) is 6.04 Å². The van der Waals surface area contributed by atoms with E-state index in [1.165, 1.54) is 18.2 Å². The highest BCUT2D eigenvalue weighted by Gasteiger charge is 2.23. The standard InChI is InChI=1S/C14H20N2O3/c1-9(10-4-3-7-15-8-10)16-14(19)11-5-2-6-12(17)13(11)18/h2,5-6,9-10,15,17-18H,3-4,7-8H2,1H3,(H,16,19). The fourth-order valence-electron chi connectivity index (χ4n) is 2.42. The van der Waals surface area contributed by atoms with Crippen LogP contribution < -0.4 is 10.6 Å². The second-order valence-electron chi connectivity index (χ2n) is 5.04. The van der Waals surface area contributed by atoms with Gasteiger partial charge < -0.3 is 20.8 Å². The first kappa shape index (κ1) is 13.7. The zero-order chi connectivity index (χ0) is 13.8. The summed E-state index contributed by atoms with van der Waals surface area (Å²) in [7, 11) is 0. The van der Waals surface area contributed by atoms with Crippen molar-refractivity contribution in [3.05, 3.63) is 23.8 Å². The maximum absolute atomic E-state index is 12.1. The predicted molar refractivity (Wildman–Crippen MR) is 72.3 cm³/mol. The van der Waals surface area contributed by atoms with Crippen molar-refractivity contribution < 1.29 is 15.0 Å². The summed E-state index contributed by atoms with van der Waals surface area (Å²) in [5.74, 6) is -0.600. The molecule has 0 radical (unpaired) electrons. The van der Waals surface area contributed by atoms with Gasteiger partial charge in [-0.25, -0.2) is 0 Å². The van der Waals surface area contributed by atoms with E-state index in [-0.39, 0.29) is 29.0 Å². The van der Waals surface area contributed by atoms with E-state index >= 15 is 0 Å². The highest BCUT2D eigenvalue weighted by molar-refractivity contribution is 5.97. The first-order chi connectivity index (χ1) is 9.09. The summed E-state index contributed by atoms with van der Waals surface area (Å²) in [6, 6.07) is 4.41. The molecular weight excluding hydrogens is 244 g/mol. The average Bonchev–Trinajstić information content (AvgIpc) is 2.42. The van der Waals surface area contributed by atoms with Crippen LogP contribution in [0, 0.1) is 5.92 Å². The lowest BCUT2D eigenvalue weighted by molar-refractivity contribution is 0.0918. The van der Waals surface area contributed by atoms with Crippen LogP contribution in [0.4, 0.5) is 0 Å². The van der Waals surface area contributed by atoms with Crippen molar-refractivity contribution in [1.29, 1.82) is 0 Å². The molecule has 5 nitrogen and oxygen atoms in total. The minimum Gasteiger partial charge on any atom is -0.504 e. The van der Waals surface area contributed by atoms with Gasteiger partial charge in [0.1, 0.15) is 0 Å². The Balaban J connectivity index is 2.02. The summed E-state index contributed by atoms with van der Waals surface area (Å²) in [4.78, 5) is 12.1. The van der Waals surface area contributed by atoms with Crippen LogP contribution in [0.1, 0.15) is 30.1 Å². The summed E-state index contributed by atoms with van der Waals surface area (Å²) in [5, 5.41) is 25.3. The number of carbonyl (C=O) groups is 1. The van der Waals surface area contributed by atoms with Gasteiger partial charge in [-0.2, -0.15) is 0 Å². The lowest BCUT2D eigenvalue weighted by atomic mass is 9.92. The molecule has 0 saturated carbocycles. The van der Waals surface area contributed by atoms with Crippen LogP contribution in [0.25, 0.3) is 0 Å². The molecule has 0 bridgehead atoms. The second-order valence-corrected chi connectivity index (χ2v) is 5.04. The number of hydrogen-bond acceptors (Lipinski definition) is 4. The fourth-order valence-corrected chi connectivity index (χ4v) is 2.42. The Morgan fingerprint density at radius 2 is 2.26 bits per heavy atom. The third-order valence-electron chi connectivity index (χ3n) is 3.66. The van der Waals surface area contributed by atoms with E-state index in [1.54, 1.807) is 0 Å². The largest absolute Gasteiger partial charge is 0.504 e. The van der Waals surface area contributed by atoms with E-state index in [1.807, 2.05) is 6.92 Å². The molecule has 0 aromatic heterocycles. The topological polar surface area (TPSA) is 81.6 Å². The molecule has 1 fully saturated rings. The Kier molecular flexibility index (Phi) is 4.27. The lowest BCUT2D eigenvalue weighted by Crippen LogP contribution is -2.44. The summed E-state index contributed by atoms with van der Waals surface area (Å²) >= 11 is 0. The van der Waals surface area contributed by atoms with Crippen molar-refractivity contribution in [3.63, 3.8) is 0 Å². The Morgan fingerprint density at radius 3 is 2.95 bits per heavy atom. The average molecular weight is 264 g/mol. The zero-order valence-corrected chi connectivity index (χ0v) is 11.0. The van der Waals surface area contributed by atoms with E-state index in [0.717, 1.165) is 25.9 Å².